The van der Waals surface area contributed by atoms with Gasteiger partial charge in [0.2, 0.25) is 0 Å². The number of nitrogens with zero attached hydrogens (tertiary/aromatic N) is 1. The summed E-state index contributed by atoms with van der Waals surface area (Å²) in [6.07, 6.45) is 9.02. The van der Waals surface area contributed by atoms with E-state index in [1.165, 1.54) is 25.7 Å². The van der Waals surface area contributed by atoms with Gasteiger partial charge >= 0.3 is 0 Å². The quantitative estimate of drug-likeness (QED) is 0.431. The number of ether oxygens (including phenoxy) is 1. The molecule has 0 aliphatic heterocycles. The van der Waals surface area contributed by atoms with Crippen LogP contribution in [0.2, 0.25) is 0 Å². The van der Waals surface area contributed by atoms with Gasteiger partial charge in [-0.2, -0.15) is 11.8 Å². The Kier molecular flexibility index (Phi) is 6.68. The summed E-state index contributed by atoms with van der Waals surface area (Å²) in [6, 6.07) is 0.531. The lowest BCUT2D eigenvalue weighted by Gasteiger charge is -2.54. The summed E-state index contributed by atoms with van der Waals surface area (Å²) in [5.74, 6) is 2.06. The van der Waals surface area contributed by atoms with Gasteiger partial charge in [-0.3, -0.25) is 4.99 Å². The maximum Gasteiger partial charge on any atom is 0.191 e. The number of thioether (sulfide) groups is 1. The molecule has 122 valence electrons. The Hall–Kier alpha value is -0.420. The SMILES string of the molecule is CCNC(=NCCSC)NC1CC(OCC)C12CCCC2. The van der Waals surface area contributed by atoms with Crippen LogP contribution in [0.4, 0.5) is 0 Å². The minimum absolute atomic E-state index is 0.367. The molecule has 0 heterocycles. The molecule has 2 fully saturated rings. The van der Waals surface area contributed by atoms with Crippen LogP contribution >= 0.6 is 11.8 Å². The number of aliphatic imine (C=N–C) groups is 1. The van der Waals surface area contributed by atoms with E-state index in [0.717, 1.165) is 37.8 Å². The normalized spacial score (nSPS) is 27.7. The molecule has 0 saturated heterocycles. The molecule has 1 spiro atoms. The van der Waals surface area contributed by atoms with Gasteiger partial charge < -0.3 is 15.4 Å². The van der Waals surface area contributed by atoms with Crippen LogP contribution in [0, 0.1) is 5.41 Å². The third kappa shape index (κ3) is 3.86. The van der Waals surface area contributed by atoms with Gasteiger partial charge in [0.1, 0.15) is 0 Å². The zero-order valence-electron chi connectivity index (χ0n) is 13.8. The molecule has 2 atom stereocenters. The van der Waals surface area contributed by atoms with E-state index in [9.17, 15) is 0 Å². The predicted octanol–water partition coefficient (Wildman–Crippen LogP) is 2.64. The molecule has 2 saturated carbocycles. The molecule has 0 aromatic carbocycles. The van der Waals surface area contributed by atoms with E-state index < -0.39 is 0 Å². The Morgan fingerprint density at radius 1 is 1.33 bits per heavy atom. The van der Waals surface area contributed by atoms with E-state index in [1.54, 1.807) is 0 Å². The number of hydrogen-bond acceptors (Lipinski definition) is 3. The molecule has 0 aromatic rings. The van der Waals surface area contributed by atoms with Gasteiger partial charge in [-0.05, 0) is 39.4 Å². The molecule has 2 aliphatic carbocycles. The Bertz CT molecular complexity index is 342. The van der Waals surface area contributed by atoms with E-state index >= 15 is 0 Å². The third-order valence-corrected chi connectivity index (χ3v) is 5.50. The van der Waals surface area contributed by atoms with Crippen LogP contribution in [0.5, 0.6) is 0 Å². The van der Waals surface area contributed by atoms with Crippen molar-refractivity contribution in [1.82, 2.24) is 10.6 Å². The molecule has 2 N–H and O–H groups in total. The van der Waals surface area contributed by atoms with Crippen molar-refractivity contribution >= 4 is 17.7 Å². The van der Waals surface area contributed by atoms with Crippen molar-refractivity contribution in [3.63, 3.8) is 0 Å². The minimum atomic E-state index is 0.367. The van der Waals surface area contributed by atoms with Crippen molar-refractivity contribution in [3.8, 4) is 0 Å². The molecule has 0 bridgehead atoms. The van der Waals surface area contributed by atoms with Gasteiger partial charge in [0.25, 0.3) is 0 Å². The fourth-order valence-corrected chi connectivity index (χ4v) is 4.10. The summed E-state index contributed by atoms with van der Waals surface area (Å²) in [6.45, 7) is 6.87. The van der Waals surface area contributed by atoms with Crippen LogP contribution in [-0.4, -0.2) is 49.8 Å². The Morgan fingerprint density at radius 2 is 2.10 bits per heavy atom. The first-order chi connectivity index (χ1) is 10.3. The van der Waals surface area contributed by atoms with Crippen LogP contribution in [0.15, 0.2) is 4.99 Å². The van der Waals surface area contributed by atoms with E-state index in [-0.39, 0.29) is 0 Å². The number of rotatable bonds is 7. The lowest BCUT2D eigenvalue weighted by Crippen LogP contribution is -2.65. The predicted molar refractivity (Wildman–Crippen MR) is 92.2 cm³/mol. The van der Waals surface area contributed by atoms with Crippen molar-refractivity contribution < 1.29 is 4.74 Å². The summed E-state index contributed by atoms with van der Waals surface area (Å²) in [5, 5.41) is 7.07. The van der Waals surface area contributed by atoms with Gasteiger partial charge in [-0.15, -0.1) is 0 Å². The van der Waals surface area contributed by atoms with Crippen LogP contribution in [0.1, 0.15) is 46.0 Å². The highest BCUT2D eigenvalue weighted by Gasteiger charge is 2.56. The lowest BCUT2D eigenvalue weighted by molar-refractivity contribution is -0.125. The molecule has 0 aromatic heterocycles. The summed E-state index contributed by atoms with van der Waals surface area (Å²) in [4.78, 5) is 4.68. The standard InChI is InChI=1S/C16H31N3OS/c1-4-17-15(18-10-11-21-3)19-13-12-14(20-5-2)16(13)8-6-7-9-16/h13-14H,4-12H2,1-3H3,(H2,17,18,19). The first kappa shape index (κ1) is 16.9. The summed E-state index contributed by atoms with van der Waals surface area (Å²) >= 11 is 1.84. The molecule has 4 nitrogen and oxygen atoms in total. The molecule has 0 radical (unpaired) electrons. The second-order valence-corrected chi connectivity index (χ2v) is 7.06. The van der Waals surface area contributed by atoms with Crippen molar-refractivity contribution in [2.75, 3.05) is 31.7 Å². The first-order valence-electron chi connectivity index (χ1n) is 8.42. The maximum atomic E-state index is 5.98. The third-order valence-electron chi connectivity index (χ3n) is 4.91. The van der Waals surface area contributed by atoms with E-state index in [2.05, 4.69) is 35.7 Å². The van der Waals surface area contributed by atoms with Crippen LogP contribution in [0.25, 0.3) is 0 Å². The van der Waals surface area contributed by atoms with Crippen molar-refractivity contribution in [3.05, 3.63) is 0 Å². The number of nitrogens with one attached hydrogen (secondary N) is 2. The highest BCUT2D eigenvalue weighted by atomic mass is 32.2. The Balaban J connectivity index is 1.95. The highest BCUT2D eigenvalue weighted by molar-refractivity contribution is 7.98. The Labute approximate surface area is 133 Å². The number of guanidine groups is 1. The topological polar surface area (TPSA) is 45.7 Å². The molecule has 21 heavy (non-hydrogen) atoms. The lowest BCUT2D eigenvalue weighted by atomic mass is 9.60. The average Bonchev–Trinajstić information content (AvgIpc) is 2.99. The highest BCUT2D eigenvalue weighted by Crippen LogP contribution is 2.54. The summed E-state index contributed by atoms with van der Waals surface area (Å²) in [7, 11) is 0. The second kappa shape index (κ2) is 8.28. The van der Waals surface area contributed by atoms with Crippen LogP contribution in [-0.2, 0) is 4.74 Å². The van der Waals surface area contributed by atoms with Crippen molar-refractivity contribution in [2.45, 2.75) is 58.1 Å². The zero-order valence-corrected chi connectivity index (χ0v) is 14.6. The minimum Gasteiger partial charge on any atom is -0.378 e. The van der Waals surface area contributed by atoms with Crippen molar-refractivity contribution in [2.24, 2.45) is 10.4 Å². The van der Waals surface area contributed by atoms with E-state index in [4.69, 9.17) is 4.74 Å². The molecule has 5 heteroatoms. The van der Waals surface area contributed by atoms with Crippen LogP contribution < -0.4 is 10.6 Å². The fraction of sp³-hybridized carbons (Fsp3) is 0.938. The molecule has 2 aliphatic rings. The molecule has 2 rings (SSSR count). The average molecular weight is 314 g/mol. The zero-order chi connectivity index (χ0) is 15.1. The van der Waals surface area contributed by atoms with Gasteiger partial charge in [-0.25, -0.2) is 0 Å². The molecule has 0 amide bonds. The molecular weight excluding hydrogens is 282 g/mol. The Morgan fingerprint density at radius 3 is 2.71 bits per heavy atom. The summed E-state index contributed by atoms with van der Waals surface area (Å²) in [5.41, 5.74) is 0.367. The fourth-order valence-electron chi connectivity index (χ4n) is 3.82. The van der Waals surface area contributed by atoms with Gasteiger partial charge in [0.15, 0.2) is 5.96 Å². The first-order valence-corrected chi connectivity index (χ1v) is 9.81. The monoisotopic (exact) mass is 313 g/mol. The van der Waals surface area contributed by atoms with E-state index in [0.29, 0.717) is 17.6 Å². The van der Waals surface area contributed by atoms with Gasteiger partial charge in [0, 0.05) is 30.4 Å². The largest absolute Gasteiger partial charge is 0.378 e. The van der Waals surface area contributed by atoms with E-state index in [1.807, 2.05) is 11.8 Å². The molecule has 2 unspecified atom stereocenters. The van der Waals surface area contributed by atoms with Gasteiger partial charge in [0.05, 0.1) is 12.6 Å². The second-order valence-electron chi connectivity index (χ2n) is 6.07. The maximum absolute atomic E-state index is 5.98. The van der Waals surface area contributed by atoms with Gasteiger partial charge in [-0.1, -0.05) is 12.8 Å². The number of hydrogen-bond donors (Lipinski definition) is 2. The van der Waals surface area contributed by atoms with Crippen LogP contribution in [0.3, 0.4) is 0 Å². The molecular formula is C16H31N3OS. The van der Waals surface area contributed by atoms with Crippen molar-refractivity contribution in [1.29, 1.82) is 0 Å². The smallest absolute Gasteiger partial charge is 0.191 e. The summed E-state index contributed by atoms with van der Waals surface area (Å²) < 4.78 is 5.98.